The Labute approximate surface area is 130 Å². The molecule has 22 heavy (non-hydrogen) atoms. The zero-order valence-electron chi connectivity index (χ0n) is 12.7. The van der Waals surface area contributed by atoms with E-state index >= 15 is 0 Å². The fourth-order valence-electron chi connectivity index (χ4n) is 2.94. The van der Waals surface area contributed by atoms with Gasteiger partial charge in [-0.25, -0.2) is 4.79 Å². The highest BCUT2D eigenvalue weighted by Crippen LogP contribution is 2.21. The second kappa shape index (κ2) is 6.75. The summed E-state index contributed by atoms with van der Waals surface area (Å²) < 4.78 is 5.32. The Morgan fingerprint density at radius 2 is 2.27 bits per heavy atom. The molecule has 3 rings (SSSR count). The molecule has 1 fully saturated rings. The Morgan fingerprint density at radius 3 is 3.09 bits per heavy atom. The highest BCUT2D eigenvalue weighted by molar-refractivity contribution is 5.79. The first-order valence-corrected chi connectivity index (χ1v) is 7.65. The number of nitrogens with zero attached hydrogens (tertiary/aromatic N) is 1. The second-order valence-electron chi connectivity index (χ2n) is 5.73. The summed E-state index contributed by atoms with van der Waals surface area (Å²) >= 11 is 0. The standard InChI is InChI=1S/C17H21N3O2/c1-22-15-6-5-14(10-15)20-17(21)19-11-12-4-7-16-13(9-12)3-2-8-18-16/h2-4,7-9,14-15H,5-6,10-11H2,1H3,(H2,19,20,21)/t14-,15-/m1/s1. The minimum atomic E-state index is -0.118. The van der Waals surface area contributed by atoms with Gasteiger partial charge in [0.15, 0.2) is 0 Å². The van der Waals surface area contributed by atoms with Crippen LogP contribution in [0.3, 0.4) is 0 Å². The number of amides is 2. The van der Waals surface area contributed by atoms with E-state index in [4.69, 9.17) is 4.74 Å². The van der Waals surface area contributed by atoms with Gasteiger partial charge in [0.05, 0.1) is 11.6 Å². The van der Waals surface area contributed by atoms with E-state index in [0.717, 1.165) is 35.7 Å². The lowest BCUT2D eigenvalue weighted by Crippen LogP contribution is -2.40. The van der Waals surface area contributed by atoms with Crippen molar-refractivity contribution in [3.63, 3.8) is 0 Å². The number of fused-ring (bicyclic) bond motifs is 1. The topological polar surface area (TPSA) is 63.2 Å². The van der Waals surface area contributed by atoms with Crippen LogP contribution in [0.4, 0.5) is 4.79 Å². The molecule has 1 heterocycles. The molecular weight excluding hydrogens is 278 g/mol. The van der Waals surface area contributed by atoms with Crippen molar-refractivity contribution >= 4 is 16.9 Å². The zero-order chi connectivity index (χ0) is 15.4. The fourth-order valence-corrected chi connectivity index (χ4v) is 2.94. The molecule has 0 aliphatic heterocycles. The van der Waals surface area contributed by atoms with Gasteiger partial charge in [0.25, 0.3) is 0 Å². The predicted molar refractivity (Wildman–Crippen MR) is 85.6 cm³/mol. The van der Waals surface area contributed by atoms with Crippen molar-refractivity contribution in [1.82, 2.24) is 15.6 Å². The summed E-state index contributed by atoms with van der Waals surface area (Å²) in [5.74, 6) is 0. The number of nitrogens with one attached hydrogen (secondary N) is 2. The molecule has 2 aromatic rings. The molecule has 0 spiro atoms. The molecule has 5 heteroatoms. The van der Waals surface area contributed by atoms with Gasteiger partial charge in [-0.1, -0.05) is 12.1 Å². The second-order valence-corrected chi connectivity index (χ2v) is 5.73. The molecule has 0 unspecified atom stereocenters. The molecule has 116 valence electrons. The van der Waals surface area contributed by atoms with E-state index in [1.54, 1.807) is 13.3 Å². The quantitative estimate of drug-likeness (QED) is 0.912. The zero-order valence-corrected chi connectivity index (χ0v) is 12.7. The Kier molecular flexibility index (Phi) is 4.53. The van der Waals surface area contributed by atoms with Crippen molar-refractivity contribution in [2.24, 2.45) is 0 Å². The summed E-state index contributed by atoms with van der Waals surface area (Å²) in [6, 6.07) is 10.1. The van der Waals surface area contributed by atoms with Crippen molar-refractivity contribution in [3.8, 4) is 0 Å². The largest absolute Gasteiger partial charge is 0.381 e. The number of benzene rings is 1. The maximum Gasteiger partial charge on any atom is 0.315 e. The number of methoxy groups -OCH3 is 1. The van der Waals surface area contributed by atoms with Crippen LogP contribution in [-0.2, 0) is 11.3 Å². The molecule has 1 aromatic heterocycles. The summed E-state index contributed by atoms with van der Waals surface area (Å²) in [5.41, 5.74) is 2.03. The number of aromatic nitrogens is 1. The SMILES string of the molecule is CO[C@@H]1CC[C@@H](NC(=O)NCc2ccc3ncccc3c2)C1. The number of carbonyl (C=O) groups excluding carboxylic acids is 1. The van der Waals surface area contributed by atoms with Crippen LogP contribution in [0.15, 0.2) is 36.5 Å². The van der Waals surface area contributed by atoms with E-state index < -0.39 is 0 Å². The lowest BCUT2D eigenvalue weighted by atomic mass is 10.1. The minimum Gasteiger partial charge on any atom is -0.381 e. The lowest BCUT2D eigenvalue weighted by molar-refractivity contribution is 0.107. The first-order valence-electron chi connectivity index (χ1n) is 7.65. The highest BCUT2D eigenvalue weighted by Gasteiger charge is 2.25. The molecule has 1 aromatic carbocycles. The van der Waals surface area contributed by atoms with E-state index in [1.165, 1.54) is 0 Å². The van der Waals surface area contributed by atoms with Crippen molar-refractivity contribution in [2.45, 2.75) is 38.0 Å². The molecule has 1 saturated carbocycles. The third-order valence-corrected chi connectivity index (χ3v) is 4.17. The van der Waals surface area contributed by atoms with Gasteiger partial charge >= 0.3 is 6.03 Å². The molecule has 0 radical (unpaired) electrons. The molecular formula is C17H21N3O2. The first kappa shape index (κ1) is 14.8. The number of hydrogen-bond acceptors (Lipinski definition) is 3. The van der Waals surface area contributed by atoms with Crippen LogP contribution in [-0.4, -0.2) is 30.3 Å². The van der Waals surface area contributed by atoms with Gasteiger partial charge in [-0.3, -0.25) is 4.98 Å². The number of pyridine rings is 1. The van der Waals surface area contributed by atoms with Gasteiger partial charge in [0, 0.05) is 31.3 Å². The van der Waals surface area contributed by atoms with Gasteiger partial charge in [-0.15, -0.1) is 0 Å². The Balaban J connectivity index is 1.51. The number of carbonyl (C=O) groups is 1. The number of hydrogen-bond donors (Lipinski definition) is 2. The summed E-state index contributed by atoms with van der Waals surface area (Å²) in [5, 5.41) is 7.00. The van der Waals surface area contributed by atoms with Crippen LogP contribution in [0.1, 0.15) is 24.8 Å². The Morgan fingerprint density at radius 1 is 1.36 bits per heavy atom. The fraction of sp³-hybridized carbons (Fsp3) is 0.412. The van der Waals surface area contributed by atoms with E-state index in [-0.39, 0.29) is 18.2 Å². The van der Waals surface area contributed by atoms with Gasteiger partial charge in [0.2, 0.25) is 0 Å². The Bertz CT molecular complexity index is 659. The van der Waals surface area contributed by atoms with E-state index in [0.29, 0.717) is 6.54 Å². The van der Waals surface area contributed by atoms with Crippen LogP contribution < -0.4 is 10.6 Å². The number of rotatable bonds is 4. The molecule has 2 atom stereocenters. The van der Waals surface area contributed by atoms with Crippen LogP contribution in [0.25, 0.3) is 10.9 Å². The summed E-state index contributed by atoms with van der Waals surface area (Å²) in [6.45, 7) is 0.511. The monoisotopic (exact) mass is 299 g/mol. The first-order chi connectivity index (χ1) is 10.7. The molecule has 1 aliphatic rings. The predicted octanol–water partition coefficient (Wildman–Crippen LogP) is 2.60. The average Bonchev–Trinajstić information content (AvgIpc) is 3.00. The van der Waals surface area contributed by atoms with Crippen molar-refractivity contribution in [2.75, 3.05) is 7.11 Å². The van der Waals surface area contributed by atoms with Gasteiger partial charge in [-0.05, 0) is 43.0 Å². The average molecular weight is 299 g/mol. The molecule has 2 N–H and O–H groups in total. The van der Waals surface area contributed by atoms with Crippen LogP contribution >= 0.6 is 0 Å². The third kappa shape index (κ3) is 3.54. The maximum absolute atomic E-state index is 12.0. The van der Waals surface area contributed by atoms with Crippen molar-refractivity contribution in [3.05, 3.63) is 42.1 Å². The normalized spacial score (nSPS) is 21.0. The van der Waals surface area contributed by atoms with Gasteiger partial charge < -0.3 is 15.4 Å². The molecule has 5 nitrogen and oxygen atoms in total. The smallest absolute Gasteiger partial charge is 0.315 e. The maximum atomic E-state index is 12.0. The minimum absolute atomic E-state index is 0.118. The Hall–Kier alpha value is -2.14. The molecule has 0 bridgehead atoms. The van der Waals surface area contributed by atoms with E-state index in [9.17, 15) is 4.79 Å². The summed E-state index contributed by atoms with van der Waals surface area (Å²) in [6.07, 6.45) is 4.94. The van der Waals surface area contributed by atoms with Gasteiger partial charge in [0.1, 0.15) is 0 Å². The van der Waals surface area contributed by atoms with E-state index in [1.807, 2.05) is 24.3 Å². The van der Waals surface area contributed by atoms with Crippen molar-refractivity contribution < 1.29 is 9.53 Å². The molecule has 0 saturated heterocycles. The number of ether oxygens (including phenoxy) is 1. The van der Waals surface area contributed by atoms with Crippen LogP contribution in [0.5, 0.6) is 0 Å². The lowest BCUT2D eigenvalue weighted by Gasteiger charge is -2.14. The van der Waals surface area contributed by atoms with Crippen LogP contribution in [0.2, 0.25) is 0 Å². The number of urea groups is 1. The summed E-state index contributed by atoms with van der Waals surface area (Å²) in [7, 11) is 1.72. The molecule has 2 amide bonds. The van der Waals surface area contributed by atoms with Crippen molar-refractivity contribution in [1.29, 1.82) is 0 Å². The molecule has 1 aliphatic carbocycles. The summed E-state index contributed by atoms with van der Waals surface area (Å²) in [4.78, 5) is 16.2. The van der Waals surface area contributed by atoms with Crippen LogP contribution in [0, 0.1) is 0 Å². The third-order valence-electron chi connectivity index (χ3n) is 4.17. The van der Waals surface area contributed by atoms with Gasteiger partial charge in [-0.2, -0.15) is 0 Å². The van der Waals surface area contributed by atoms with E-state index in [2.05, 4.69) is 21.7 Å². The highest BCUT2D eigenvalue weighted by atomic mass is 16.5.